The van der Waals surface area contributed by atoms with Crippen molar-refractivity contribution >= 4 is 23.3 Å². The van der Waals surface area contributed by atoms with Crippen molar-refractivity contribution in [3.05, 3.63) is 23.5 Å². The van der Waals surface area contributed by atoms with Crippen LogP contribution in [0, 0.1) is 5.82 Å². The summed E-state index contributed by atoms with van der Waals surface area (Å²) in [4.78, 5) is 25.0. The molecule has 1 amide bonds. The molecule has 116 valence electrons. The third-order valence-corrected chi connectivity index (χ3v) is 3.09. The van der Waals surface area contributed by atoms with E-state index in [0.29, 0.717) is 13.1 Å². The van der Waals surface area contributed by atoms with Gasteiger partial charge in [0.05, 0.1) is 24.9 Å². The van der Waals surface area contributed by atoms with Crippen LogP contribution >= 0.6 is 0 Å². The van der Waals surface area contributed by atoms with Crippen molar-refractivity contribution in [2.45, 2.75) is 13.8 Å². The first kappa shape index (κ1) is 16.7. The summed E-state index contributed by atoms with van der Waals surface area (Å²) >= 11 is 0. The molecule has 1 aromatic carbocycles. The standard InChI is InChI=1S/C14H20FN3O3/c1-4-18(5-2)13(19)8-17-12-6-9(14(20)21-3)11(16)7-10(12)15/h6-7,17H,4-5,8,16H2,1-3H3. The molecule has 1 rings (SSSR count). The van der Waals surface area contributed by atoms with Crippen molar-refractivity contribution in [3.63, 3.8) is 0 Å². The van der Waals surface area contributed by atoms with Crippen LogP contribution in [-0.4, -0.2) is 43.5 Å². The molecule has 0 saturated carbocycles. The van der Waals surface area contributed by atoms with Gasteiger partial charge in [0.2, 0.25) is 5.91 Å². The van der Waals surface area contributed by atoms with Gasteiger partial charge in [0.15, 0.2) is 0 Å². The van der Waals surface area contributed by atoms with Crippen LogP contribution in [0.3, 0.4) is 0 Å². The molecule has 0 saturated heterocycles. The highest BCUT2D eigenvalue weighted by atomic mass is 19.1. The molecule has 6 nitrogen and oxygen atoms in total. The SMILES string of the molecule is CCN(CC)C(=O)CNc1cc(C(=O)OC)c(N)cc1F. The molecule has 21 heavy (non-hydrogen) atoms. The number of nitrogens with zero attached hydrogens (tertiary/aromatic N) is 1. The first-order chi connectivity index (χ1) is 9.94. The average Bonchev–Trinajstić information content (AvgIpc) is 2.46. The van der Waals surface area contributed by atoms with E-state index in [1.807, 2.05) is 13.8 Å². The number of nitrogens with two attached hydrogens (primary N) is 1. The van der Waals surface area contributed by atoms with E-state index in [1.54, 1.807) is 4.90 Å². The maximum Gasteiger partial charge on any atom is 0.340 e. The van der Waals surface area contributed by atoms with Gasteiger partial charge in [0.1, 0.15) is 5.82 Å². The fourth-order valence-electron chi connectivity index (χ4n) is 1.87. The Morgan fingerprint density at radius 3 is 2.48 bits per heavy atom. The number of benzene rings is 1. The fraction of sp³-hybridized carbons (Fsp3) is 0.429. The number of esters is 1. The molecule has 7 heteroatoms. The number of hydrogen-bond acceptors (Lipinski definition) is 5. The number of amides is 1. The molecule has 0 spiro atoms. The van der Waals surface area contributed by atoms with Crippen LogP contribution in [0.4, 0.5) is 15.8 Å². The highest BCUT2D eigenvalue weighted by Gasteiger charge is 2.16. The number of carbonyl (C=O) groups excluding carboxylic acids is 2. The van der Waals surface area contributed by atoms with E-state index in [-0.39, 0.29) is 29.4 Å². The van der Waals surface area contributed by atoms with Gasteiger partial charge in [-0.2, -0.15) is 0 Å². The maximum absolute atomic E-state index is 13.8. The smallest absolute Gasteiger partial charge is 0.340 e. The van der Waals surface area contributed by atoms with Gasteiger partial charge < -0.3 is 20.7 Å². The molecule has 3 N–H and O–H groups in total. The van der Waals surface area contributed by atoms with Crippen LogP contribution in [-0.2, 0) is 9.53 Å². The van der Waals surface area contributed by atoms with Crippen molar-refractivity contribution in [3.8, 4) is 0 Å². The lowest BCUT2D eigenvalue weighted by Gasteiger charge is -2.19. The number of rotatable bonds is 6. The Labute approximate surface area is 123 Å². The van der Waals surface area contributed by atoms with Gasteiger partial charge in [-0.15, -0.1) is 0 Å². The number of likely N-dealkylation sites (N-methyl/N-ethyl adjacent to an activating group) is 1. The van der Waals surface area contributed by atoms with E-state index in [9.17, 15) is 14.0 Å². The lowest BCUT2D eigenvalue weighted by molar-refractivity contribution is -0.128. The van der Waals surface area contributed by atoms with Crippen LogP contribution in [0.15, 0.2) is 12.1 Å². The Kier molecular flexibility index (Phi) is 5.95. The minimum Gasteiger partial charge on any atom is -0.465 e. The molecule has 0 radical (unpaired) electrons. The molecule has 0 aliphatic carbocycles. The molecule has 0 aliphatic rings. The number of methoxy groups -OCH3 is 1. The molecule has 0 bridgehead atoms. The molecule has 0 atom stereocenters. The van der Waals surface area contributed by atoms with Crippen molar-refractivity contribution in [2.75, 3.05) is 37.8 Å². The quantitative estimate of drug-likeness (QED) is 0.613. The Balaban J connectivity index is 2.89. The largest absolute Gasteiger partial charge is 0.465 e. The van der Waals surface area contributed by atoms with Gasteiger partial charge in [-0.05, 0) is 26.0 Å². The summed E-state index contributed by atoms with van der Waals surface area (Å²) in [6.45, 7) is 4.81. The summed E-state index contributed by atoms with van der Waals surface area (Å²) in [5.41, 5.74) is 5.64. The number of anilines is 2. The second-order valence-electron chi connectivity index (χ2n) is 4.33. The van der Waals surface area contributed by atoms with E-state index >= 15 is 0 Å². The Hall–Kier alpha value is -2.31. The minimum atomic E-state index is -0.661. The van der Waals surface area contributed by atoms with Crippen LogP contribution < -0.4 is 11.1 Å². The first-order valence-corrected chi connectivity index (χ1v) is 6.63. The average molecular weight is 297 g/mol. The monoisotopic (exact) mass is 297 g/mol. The topological polar surface area (TPSA) is 84.7 Å². The van der Waals surface area contributed by atoms with Crippen molar-refractivity contribution in [1.29, 1.82) is 0 Å². The number of nitrogens with one attached hydrogen (secondary N) is 1. The van der Waals surface area contributed by atoms with Gasteiger partial charge in [-0.1, -0.05) is 0 Å². The van der Waals surface area contributed by atoms with Crippen LogP contribution in [0.5, 0.6) is 0 Å². The first-order valence-electron chi connectivity index (χ1n) is 6.63. The maximum atomic E-state index is 13.8. The molecule has 0 unspecified atom stereocenters. The lowest BCUT2D eigenvalue weighted by Crippen LogP contribution is -2.35. The summed E-state index contributed by atoms with van der Waals surface area (Å²) in [6.07, 6.45) is 0. The van der Waals surface area contributed by atoms with Crippen LogP contribution in [0.1, 0.15) is 24.2 Å². The number of carbonyl (C=O) groups is 2. The van der Waals surface area contributed by atoms with Gasteiger partial charge in [0.25, 0.3) is 0 Å². The second kappa shape index (κ2) is 7.47. The van der Waals surface area contributed by atoms with Gasteiger partial charge in [-0.3, -0.25) is 4.79 Å². The van der Waals surface area contributed by atoms with E-state index in [4.69, 9.17) is 5.73 Å². The Bertz CT molecular complexity index is 530. The summed E-state index contributed by atoms with van der Waals surface area (Å²) < 4.78 is 18.4. The number of ether oxygens (including phenoxy) is 1. The van der Waals surface area contributed by atoms with E-state index in [1.165, 1.54) is 13.2 Å². The Morgan fingerprint density at radius 1 is 1.33 bits per heavy atom. The summed E-state index contributed by atoms with van der Waals surface area (Å²) in [5.74, 6) is -1.45. The van der Waals surface area contributed by atoms with Gasteiger partial charge in [0, 0.05) is 18.8 Å². The third kappa shape index (κ3) is 4.08. The normalized spacial score (nSPS) is 10.1. The second-order valence-corrected chi connectivity index (χ2v) is 4.33. The lowest BCUT2D eigenvalue weighted by atomic mass is 10.1. The molecule has 1 aromatic rings. The minimum absolute atomic E-state index is 0.0139. The predicted molar refractivity (Wildman–Crippen MR) is 78.6 cm³/mol. The van der Waals surface area contributed by atoms with E-state index < -0.39 is 11.8 Å². The Morgan fingerprint density at radius 2 is 1.95 bits per heavy atom. The zero-order valence-corrected chi connectivity index (χ0v) is 12.4. The number of hydrogen-bond donors (Lipinski definition) is 2. The van der Waals surface area contributed by atoms with Crippen LogP contribution in [0.25, 0.3) is 0 Å². The molecule has 0 aliphatic heterocycles. The van der Waals surface area contributed by atoms with Crippen molar-refractivity contribution in [2.24, 2.45) is 0 Å². The van der Waals surface area contributed by atoms with Crippen molar-refractivity contribution < 1.29 is 18.7 Å². The summed E-state index contributed by atoms with van der Waals surface area (Å²) in [7, 11) is 1.21. The molecule has 0 fully saturated rings. The van der Waals surface area contributed by atoms with Gasteiger partial charge in [-0.25, -0.2) is 9.18 Å². The van der Waals surface area contributed by atoms with Gasteiger partial charge >= 0.3 is 5.97 Å². The van der Waals surface area contributed by atoms with Crippen LogP contribution in [0.2, 0.25) is 0 Å². The van der Waals surface area contributed by atoms with E-state index in [2.05, 4.69) is 10.1 Å². The predicted octanol–water partition coefficient (Wildman–Crippen LogP) is 1.47. The highest BCUT2D eigenvalue weighted by molar-refractivity contribution is 5.96. The van der Waals surface area contributed by atoms with E-state index in [0.717, 1.165) is 6.07 Å². The molecule has 0 aromatic heterocycles. The third-order valence-electron chi connectivity index (χ3n) is 3.09. The highest BCUT2D eigenvalue weighted by Crippen LogP contribution is 2.22. The molecule has 0 heterocycles. The fourth-order valence-corrected chi connectivity index (χ4v) is 1.87. The summed E-state index contributed by atoms with van der Waals surface area (Å²) in [5, 5.41) is 2.68. The number of nitrogen functional groups attached to an aromatic ring is 1. The molecular formula is C14H20FN3O3. The molecular weight excluding hydrogens is 277 g/mol. The number of halogens is 1. The zero-order chi connectivity index (χ0) is 16.0. The summed E-state index contributed by atoms with van der Waals surface area (Å²) in [6, 6.07) is 2.27. The zero-order valence-electron chi connectivity index (χ0n) is 12.4. The van der Waals surface area contributed by atoms with Crippen molar-refractivity contribution in [1.82, 2.24) is 4.90 Å².